The second kappa shape index (κ2) is 7.58. The Hall–Kier alpha value is -2.86. The first-order chi connectivity index (χ1) is 12.5. The fourth-order valence-electron chi connectivity index (χ4n) is 3.11. The van der Waals surface area contributed by atoms with Gasteiger partial charge in [0.15, 0.2) is 0 Å². The van der Waals surface area contributed by atoms with Crippen molar-refractivity contribution >= 4 is 17.6 Å². The third-order valence-corrected chi connectivity index (χ3v) is 4.55. The molecule has 1 aliphatic heterocycles. The predicted octanol–water partition coefficient (Wildman–Crippen LogP) is 2.46. The summed E-state index contributed by atoms with van der Waals surface area (Å²) in [6.45, 7) is 1.51. The number of nitrogens with zero attached hydrogens (tertiary/aromatic N) is 2. The number of benzene rings is 2. The fraction of sp³-hybridized carbons (Fsp3) is 0.300. The number of methoxy groups -OCH3 is 2. The summed E-state index contributed by atoms with van der Waals surface area (Å²) in [5, 5.41) is 0. The molecule has 0 saturated heterocycles. The van der Waals surface area contributed by atoms with Crippen LogP contribution >= 0.6 is 0 Å². The van der Waals surface area contributed by atoms with Crippen molar-refractivity contribution in [2.24, 2.45) is 0 Å². The first-order valence-electron chi connectivity index (χ1n) is 8.35. The number of hydrogen-bond donors (Lipinski definition) is 0. The van der Waals surface area contributed by atoms with Gasteiger partial charge in [-0.25, -0.2) is 4.79 Å². The van der Waals surface area contributed by atoms with E-state index in [0.717, 1.165) is 22.6 Å². The van der Waals surface area contributed by atoms with Crippen molar-refractivity contribution in [1.29, 1.82) is 0 Å². The Morgan fingerprint density at radius 3 is 2.46 bits per heavy atom. The fourth-order valence-corrected chi connectivity index (χ4v) is 3.11. The number of rotatable bonds is 4. The number of carbonyl (C=O) groups excluding carboxylic acids is 2. The van der Waals surface area contributed by atoms with Crippen LogP contribution in [-0.2, 0) is 22.6 Å². The van der Waals surface area contributed by atoms with Gasteiger partial charge in [-0.05, 0) is 41.5 Å². The van der Waals surface area contributed by atoms with Crippen LogP contribution in [-0.4, -0.2) is 44.6 Å². The van der Waals surface area contributed by atoms with Gasteiger partial charge in [0.25, 0.3) is 0 Å². The molecular formula is C20H22N2O4. The highest BCUT2D eigenvalue weighted by Gasteiger charge is 2.25. The van der Waals surface area contributed by atoms with Gasteiger partial charge < -0.3 is 14.4 Å². The van der Waals surface area contributed by atoms with E-state index in [-0.39, 0.29) is 11.9 Å². The Balaban J connectivity index is 1.87. The van der Waals surface area contributed by atoms with E-state index in [1.54, 1.807) is 37.3 Å². The van der Waals surface area contributed by atoms with Crippen LogP contribution in [0.2, 0.25) is 0 Å². The molecule has 0 saturated carbocycles. The molecule has 1 amide bonds. The highest BCUT2D eigenvalue weighted by molar-refractivity contribution is 5.97. The SMILES string of the molecule is COC(=O)c1ccc2c(c1)CN(Cc1ccc(OC)cc1)CC(=O)N2C. The van der Waals surface area contributed by atoms with Gasteiger partial charge in [0.1, 0.15) is 5.75 Å². The standard InChI is InChI=1S/C20H22N2O4/c1-21-18-9-6-15(20(24)26-3)10-16(18)12-22(13-19(21)23)11-14-4-7-17(25-2)8-5-14/h4-10H,11-13H2,1-3H3. The number of amides is 1. The zero-order chi connectivity index (χ0) is 18.7. The minimum atomic E-state index is -0.382. The van der Waals surface area contributed by atoms with E-state index in [2.05, 4.69) is 4.90 Å². The van der Waals surface area contributed by atoms with Gasteiger partial charge in [-0.1, -0.05) is 12.1 Å². The van der Waals surface area contributed by atoms with E-state index in [4.69, 9.17) is 9.47 Å². The summed E-state index contributed by atoms with van der Waals surface area (Å²) in [6.07, 6.45) is 0. The first kappa shape index (κ1) is 17.9. The summed E-state index contributed by atoms with van der Waals surface area (Å²) >= 11 is 0. The van der Waals surface area contributed by atoms with Crippen molar-refractivity contribution in [3.63, 3.8) is 0 Å². The zero-order valence-corrected chi connectivity index (χ0v) is 15.2. The van der Waals surface area contributed by atoms with Crippen LogP contribution in [0.5, 0.6) is 5.75 Å². The van der Waals surface area contributed by atoms with Gasteiger partial charge >= 0.3 is 5.97 Å². The molecule has 0 aliphatic carbocycles. The molecule has 6 heteroatoms. The number of ether oxygens (including phenoxy) is 2. The number of hydrogen-bond acceptors (Lipinski definition) is 5. The topological polar surface area (TPSA) is 59.1 Å². The normalized spacial score (nSPS) is 14.6. The molecule has 0 spiro atoms. The van der Waals surface area contributed by atoms with Crippen LogP contribution in [0.15, 0.2) is 42.5 Å². The number of carbonyl (C=O) groups is 2. The van der Waals surface area contributed by atoms with E-state index >= 15 is 0 Å². The van der Waals surface area contributed by atoms with Crippen LogP contribution in [0.1, 0.15) is 21.5 Å². The van der Waals surface area contributed by atoms with Gasteiger partial charge in [-0.3, -0.25) is 9.69 Å². The van der Waals surface area contributed by atoms with Crippen molar-refractivity contribution in [3.05, 3.63) is 59.2 Å². The van der Waals surface area contributed by atoms with E-state index in [9.17, 15) is 9.59 Å². The smallest absolute Gasteiger partial charge is 0.337 e. The third kappa shape index (κ3) is 3.70. The van der Waals surface area contributed by atoms with Crippen molar-refractivity contribution in [2.75, 3.05) is 32.7 Å². The Morgan fingerprint density at radius 1 is 1.08 bits per heavy atom. The molecule has 26 heavy (non-hydrogen) atoms. The Morgan fingerprint density at radius 2 is 1.81 bits per heavy atom. The van der Waals surface area contributed by atoms with Gasteiger partial charge in [-0.15, -0.1) is 0 Å². The van der Waals surface area contributed by atoms with E-state index in [0.29, 0.717) is 25.2 Å². The lowest BCUT2D eigenvalue weighted by Crippen LogP contribution is -2.34. The van der Waals surface area contributed by atoms with Crippen LogP contribution < -0.4 is 9.64 Å². The quantitative estimate of drug-likeness (QED) is 0.790. The maximum absolute atomic E-state index is 12.5. The monoisotopic (exact) mass is 354 g/mol. The molecular weight excluding hydrogens is 332 g/mol. The van der Waals surface area contributed by atoms with Crippen molar-refractivity contribution in [3.8, 4) is 5.75 Å². The molecule has 0 radical (unpaired) electrons. The van der Waals surface area contributed by atoms with E-state index < -0.39 is 0 Å². The Labute approximate surface area is 152 Å². The summed E-state index contributed by atoms with van der Waals surface area (Å²) < 4.78 is 9.99. The highest BCUT2D eigenvalue weighted by atomic mass is 16.5. The molecule has 0 bridgehead atoms. The lowest BCUT2D eigenvalue weighted by Gasteiger charge is -2.19. The average molecular weight is 354 g/mol. The number of fused-ring (bicyclic) bond motifs is 1. The lowest BCUT2D eigenvalue weighted by molar-refractivity contribution is -0.119. The molecule has 1 heterocycles. The zero-order valence-electron chi connectivity index (χ0n) is 15.2. The molecule has 2 aromatic rings. The average Bonchev–Trinajstić information content (AvgIpc) is 2.77. The van der Waals surface area contributed by atoms with Crippen LogP contribution in [0.25, 0.3) is 0 Å². The molecule has 1 aliphatic rings. The summed E-state index contributed by atoms with van der Waals surface area (Å²) in [4.78, 5) is 28.1. The molecule has 0 aromatic heterocycles. The van der Waals surface area contributed by atoms with Crippen molar-refractivity contribution < 1.29 is 19.1 Å². The minimum Gasteiger partial charge on any atom is -0.497 e. The van der Waals surface area contributed by atoms with Crippen LogP contribution in [0.3, 0.4) is 0 Å². The van der Waals surface area contributed by atoms with Crippen LogP contribution in [0.4, 0.5) is 5.69 Å². The Bertz CT molecular complexity index is 817. The van der Waals surface area contributed by atoms with E-state index in [1.807, 2.05) is 24.3 Å². The minimum absolute atomic E-state index is 0.0167. The summed E-state index contributed by atoms with van der Waals surface area (Å²) in [5.74, 6) is 0.435. The van der Waals surface area contributed by atoms with Crippen molar-refractivity contribution in [2.45, 2.75) is 13.1 Å². The predicted molar refractivity (Wildman–Crippen MR) is 98.3 cm³/mol. The summed E-state index contributed by atoms with van der Waals surface area (Å²) in [6, 6.07) is 13.1. The molecule has 0 N–H and O–H groups in total. The summed E-state index contributed by atoms with van der Waals surface area (Å²) in [5.41, 5.74) is 3.32. The van der Waals surface area contributed by atoms with Crippen molar-refractivity contribution in [1.82, 2.24) is 4.90 Å². The second-order valence-electron chi connectivity index (χ2n) is 6.28. The highest BCUT2D eigenvalue weighted by Crippen LogP contribution is 2.27. The lowest BCUT2D eigenvalue weighted by atomic mass is 10.1. The third-order valence-electron chi connectivity index (χ3n) is 4.55. The van der Waals surface area contributed by atoms with Crippen LogP contribution in [0, 0.1) is 0 Å². The molecule has 6 nitrogen and oxygen atoms in total. The maximum atomic E-state index is 12.5. The first-order valence-corrected chi connectivity index (χ1v) is 8.35. The number of likely N-dealkylation sites (N-methyl/N-ethyl adjacent to an activating group) is 1. The number of esters is 1. The second-order valence-corrected chi connectivity index (χ2v) is 6.28. The van der Waals surface area contributed by atoms with Gasteiger partial charge in [0.05, 0.1) is 26.3 Å². The molecule has 0 fully saturated rings. The van der Waals surface area contributed by atoms with E-state index in [1.165, 1.54) is 7.11 Å². The van der Waals surface area contributed by atoms with Gasteiger partial charge in [0, 0.05) is 25.8 Å². The van der Waals surface area contributed by atoms with Gasteiger partial charge in [0.2, 0.25) is 5.91 Å². The molecule has 2 aromatic carbocycles. The molecule has 0 unspecified atom stereocenters. The number of anilines is 1. The molecule has 0 atom stereocenters. The van der Waals surface area contributed by atoms with Gasteiger partial charge in [-0.2, -0.15) is 0 Å². The summed E-state index contributed by atoms with van der Waals surface area (Å²) in [7, 11) is 4.75. The Kier molecular flexibility index (Phi) is 5.23. The maximum Gasteiger partial charge on any atom is 0.337 e. The molecule has 136 valence electrons. The molecule has 3 rings (SSSR count). The largest absolute Gasteiger partial charge is 0.497 e.